The molecule has 3 fully saturated rings. The Morgan fingerprint density at radius 3 is 2.62 bits per heavy atom. The van der Waals surface area contributed by atoms with Crippen LogP contribution >= 0.6 is 0 Å². The van der Waals surface area contributed by atoms with Crippen molar-refractivity contribution in [2.24, 2.45) is 5.92 Å². The molecular weight excluding hydrogens is 532 g/mol. The first-order valence-corrected chi connectivity index (χ1v) is 14.9. The molecule has 0 radical (unpaired) electrons. The van der Waals surface area contributed by atoms with E-state index in [9.17, 15) is 32.7 Å². The Kier molecular flexibility index (Phi) is 8.29. The van der Waals surface area contributed by atoms with Crippen LogP contribution < -0.4 is 15.4 Å². The lowest BCUT2D eigenvalue weighted by atomic mass is 10.1. The number of nitrogens with zero attached hydrogens (tertiary/aromatic N) is 1. The third-order valence-corrected chi connectivity index (χ3v) is 9.00. The van der Waals surface area contributed by atoms with Gasteiger partial charge in [-0.2, -0.15) is 0 Å². The first kappa shape index (κ1) is 29.3. The van der Waals surface area contributed by atoms with Crippen molar-refractivity contribution in [1.29, 1.82) is 0 Å². The number of ether oxygens (including phenoxy) is 2. The second kappa shape index (κ2) is 11.0. The highest BCUT2D eigenvalue weighted by Crippen LogP contribution is 2.46. The van der Waals surface area contributed by atoms with Gasteiger partial charge in [-0.25, -0.2) is 13.2 Å². The number of hydrogen-bond acceptors (Lipinski definition) is 9. The summed E-state index contributed by atoms with van der Waals surface area (Å²) in [5.41, 5.74) is -2.30. The lowest BCUT2D eigenvalue weighted by Gasteiger charge is -2.30. The molecule has 2 aliphatic carbocycles. The van der Waals surface area contributed by atoms with Gasteiger partial charge in [-0.05, 0) is 52.9 Å². The Bertz CT molecular complexity index is 1130. The Labute approximate surface area is 228 Å². The number of sulfonamides is 1. The standard InChI is InChI=1S/C25H38N4O9S/c1-24(2,3)38-23(34)26-18-7-5-11-37-10-4-6-15-13-25(15,22(33)28-39(35,36)17-8-9-17)27-20(31)19-12-16(30)14-29(19)21(18)32/h4,6,15-19,30H,5,7-14H2,1-3H3,(H,26,34)(H,27,31)(H,28,33)/t15-,16-,18+,19+,25-/m1/s1. The fourth-order valence-electron chi connectivity index (χ4n) is 4.94. The second-order valence-electron chi connectivity index (χ2n) is 11.7. The van der Waals surface area contributed by atoms with Gasteiger partial charge in [-0.1, -0.05) is 12.2 Å². The van der Waals surface area contributed by atoms with Crippen LogP contribution in [0.4, 0.5) is 4.79 Å². The molecule has 4 amide bonds. The van der Waals surface area contributed by atoms with E-state index in [2.05, 4.69) is 15.4 Å². The van der Waals surface area contributed by atoms with Crippen molar-refractivity contribution in [2.45, 2.75) is 93.9 Å². The smallest absolute Gasteiger partial charge is 0.408 e. The summed E-state index contributed by atoms with van der Waals surface area (Å²) in [5.74, 6) is -2.56. The minimum Gasteiger partial charge on any atom is -0.444 e. The molecule has 1 saturated heterocycles. The Hall–Kier alpha value is -2.71. The van der Waals surface area contributed by atoms with Gasteiger partial charge in [0.05, 0.1) is 18.0 Å². The van der Waals surface area contributed by atoms with Crippen LogP contribution in [-0.4, -0.2) is 96.6 Å². The summed E-state index contributed by atoms with van der Waals surface area (Å²) >= 11 is 0. The number of hydrogen-bond donors (Lipinski definition) is 4. The van der Waals surface area contributed by atoms with Crippen LogP contribution in [-0.2, 0) is 33.9 Å². The molecule has 0 spiro atoms. The summed E-state index contributed by atoms with van der Waals surface area (Å²) in [5, 5.41) is 15.0. The first-order valence-electron chi connectivity index (χ1n) is 13.3. The van der Waals surface area contributed by atoms with Gasteiger partial charge in [0.2, 0.25) is 21.8 Å². The molecule has 5 atom stereocenters. The van der Waals surface area contributed by atoms with E-state index in [1.165, 1.54) is 4.90 Å². The maximum Gasteiger partial charge on any atom is 0.408 e. The van der Waals surface area contributed by atoms with Gasteiger partial charge in [-0.15, -0.1) is 0 Å². The largest absolute Gasteiger partial charge is 0.444 e. The van der Waals surface area contributed by atoms with Crippen LogP contribution in [0.1, 0.15) is 59.3 Å². The van der Waals surface area contributed by atoms with Crippen LogP contribution in [0.15, 0.2) is 12.2 Å². The molecule has 0 aromatic carbocycles. The highest BCUT2D eigenvalue weighted by atomic mass is 32.2. The summed E-state index contributed by atoms with van der Waals surface area (Å²) in [6.45, 7) is 5.42. The van der Waals surface area contributed by atoms with Crippen molar-refractivity contribution in [1.82, 2.24) is 20.3 Å². The number of carbonyl (C=O) groups excluding carboxylic acids is 4. The van der Waals surface area contributed by atoms with Crippen LogP contribution in [0.3, 0.4) is 0 Å². The fraction of sp³-hybridized carbons (Fsp3) is 0.760. The number of aliphatic hydroxyl groups is 1. The maximum atomic E-state index is 13.6. The highest BCUT2D eigenvalue weighted by Gasteiger charge is 2.62. The van der Waals surface area contributed by atoms with E-state index in [4.69, 9.17) is 9.47 Å². The fourth-order valence-corrected chi connectivity index (χ4v) is 6.30. The van der Waals surface area contributed by atoms with Gasteiger partial charge in [0.1, 0.15) is 23.2 Å². The van der Waals surface area contributed by atoms with E-state index in [1.807, 2.05) is 0 Å². The molecule has 4 N–H and O–H groups in total. The van der Waals surface area contributed by atoms with Crippen molar-refractivity contribution in [3.63, 3.8) is 0 Å². The molecule has 218 valence electrons. The molecule has 14 heteroatoms. The molecule has 0 unspecified atom stereocenters. The van der Waals surface area contributed by atoms with Gasteiger partial charge in [-0.3, -0.25) is 19.1 Å². The van der Waals surface area contributed by atoms with Gasteiger partial charge >= 0.3 is 6.09 Å². The predicted molar refractivity (Wildman–Crippen MR) is 138 cm³/mol. The lowest BCUT2D eigenvalue weighted by Crippen LogP contribution is -2.58. The van der Waals surface area contributed by atoms with Gasteiger partial charge in [0.15, 0.2) is 0 Å². The zero-order chi connectivity index (χ0) is 28.6. The Morgan fingerprint density at radius 2 is 1.95 bits per heavy atom. The van der Waals surface area contributed by atoms with E-state index in [1.54, 1.807) is 32.9 Å². The number of rotatable bonds is 4. The monoisotopic (exact) mass is 570 g/mol. The summed E-state index contributed by atoms with van der Waals surface area (Å²) in [6.07, 6.45) is 3.29. The minimum absolute atomic E-state index is 0.0710. The summed E-state index contributed by atoms with van der Waals surface area (Å²) in [4.78, 5) is 54.0. The van der Waals surface area contributed by atoms with Crippen molar-refractivity contribution in [3.8, 4) is 0 Å². The SMILES string of the molecule is CC(C)(C)OC(=O)N[C@H]1CCCOCC=C[C@@H]2C[C@@]2(C(=O)NS(=O)(=O)C2CC2)NC(=O)[C@@H]2C[C@@H](O)CN2C1=O. The number of fused-ring (bicyclic) bond motifs is 2. The van der Waals surface area contributed by atoms with E-state index < -0.39 is 74.3 Å². The number of carbonyl (C=O) groups is 4. The zero-order valence-corrected chi connectivity index (χ0v) is 23.3. The van der Waals surface area contributed by atoms with Crippen LogP contribution in [0.5, 0.6) is 0 Å². The zero-order valence-electron chi connectivity index (χ0n) is 22.5. The van der Waals surface area contributed by atoms with Crippen molar-refractivity contribution in [2.75, 3.05) is 19.8 Å². The van der Waals surface area contributed by atoms with Crippen molar-refractivity contribution >= 4 is 33.8 Å². The lowest BCUT2D eigenvalue weighted by molar-refractivity contribution is -0.141. The third kappa shape index (κ3) is 7.09. The molecule has 4 rings (SSSR count). The molecule has 0 aromatic rings. The highest BCUT2D eigenvalue weighted by molar-refractivity contribution is 7.91. The first-order chi connectivity index (χ1) is 18.2. The predicted octanol–water partition coefficient (Wildman–Crippen LogP) is -0.309. The Balaban J connectivity index is 1.57. The quantitative estimate of drug-likeness (QED) is 0.330. The van der Waals surface area contributed by atoms with Gasteiger partial charge in [0, 0.05) is 25.5 Å². The maximum absolute atomic E-state index is 13.6. The molecular formula is C25H38N4O9S. The normalized spacial score (nSPS) is 32.2. The summed E-state index contributed by atoms with van der Waals surface area (Å²) in [6, 6.07) is -2.16. The van der Waals surface area contributed by atoms with Gasteiger partial charge < -0.3 is 30.1 Å². The van der Waals surface area contributed by atoms with E-state index >= 15 is 0 Å². The van der Waals surface area contributed by atoms with Crippen LogP contribution in [0.25, 0.3) is 0 Å². The minimum atomic E-state index is -3.85. The van der Waals surface area contributed by atoms with E-state index in [0.717, 1.165) is 0 Å². The number of amides is 4. The van der Waals surface area contributed by atoms with Crippen molar-refractivity contribution in [3.05, 3.63) is 12.2 Å². The van der Waals surface area contributed by atoms with Crippen LogP contribution in [0, 0.1) is 5.92 Å². The summed E-state index contributed by atoms with van der Waals surface area (Å²) < 4.78 is 37.9. The number of alkyl carbamates (subject to hydrolysis) is 1. The molecule has 2 aliphatic heterocycles. The molecule has 0 bridgehead atoms. The number of aliphatic hydroxyl groups excluding tert-OH is 1. The van der Waals surface area contributed by atoms with E-state index in [-0.39, 0.29) is 39.0 Å². The second-order valence-corrected chi connectivity index (χ2v) is 13.6. The molecule has 2 saturated carbocycles. The average Bonchev–Trinajstić information content (AvgIpc) is 3.73. The molecule has 4 aliphatic rings. The average molecular weight is 571 g/mol. The molecule has 2 heterocycles. The molecule has 13 nitrogen and oxygen atoms in total. The van der Waals surface area contributed by atoms with E-state index in [0.29, 0.717) is 19.3 Å². The van der Waals surface area contributed by atoms with Crippen molar-refractivity contribution < 1.29 is 42.2 Å². The third-order valence-electron chi connectivity index (χ3n) is 7.18. The topological polar surface area (TPSA) is 180 Å². The molecule has 39 heavy (non-hydrogen) atoms. The van der Waals surface area contributed by atoms with Crippen LogP contribution in [0.2, 0.25) is 0 Å². The summed E-state index contributed by atoms with van der Waals surface area (Å²) in [7, 11) is -3.85. The Morgan fingerprint density at radius 1 is 1.23 bits per heavy atom. The molecule has 0 aromatic heterocycles. The van der Waals surface area contributed by atoms with Gasteiger partial charge in [0.25, 0.3) is 5.91 Å². The number of nitrogens with one attached hydrogen (secondary N) is 3.